The van der Waals surface area contributed by atoms with Gasteiger partial charge in [0.05, 0.1) is 0 Å². The Hall–Kier alpha value is -1.09. The summed E-state index contributed by atoms with van der Waals surface area (Å²) in [6, 6.07) is 4.12. The van der Waals surface area contributed by atoms with Crippen LogP contribution in [-0.4, -0.2) is 23.6 Å². The van der Waals surface area contributed by atoms with Crippen LogP contribution >= 0.6 is 0 Å². The minimum absolute atomic E-state index is 0.169. The molecule has 1 unspecified atom stereocenters. The lowest BCUT2D eigenvalue weighted by Crippen LogP contribution is -2.37. The molecule has 14 heavy (non-hydrogen) atoms. The number of hydrogen-bond acceptors (Lipinski definition) is 3. The van der Waals surface area contributed by atoms with Crippen LogP contribution in [0.15, 0.2) is 18.3 Å². The van der Waals surface area contributed by atoms with E-state index in [1.807, 2.05) is 12.3 Å². The van der Waals surface area contributed by atoms with E-state index in [0.29, 0.717) is 0 Å². The number of rotatable bonds is 2. The molecule has 1 aliphatic rings. The highest BCUT2D eigenvalue weighted by molar-refractivity contribution is 5.38. The van der Waals surface area contributed by atoms with Gasteiger partial charge in [-0.3, -0.25) is 0 Å². The zero-order valence-corrected chi connectivity index (χ0v) is 8.80. The first kappa shape index (κ1) is 9.46. The lowest BCUT2D eigenvalue weighted by atomic mass is 10.0. The Balaban J connectivity index is 2.06. The third kappa shape index (κ3) is 2.04. The van der Waals surface area contributed by atoms with Gasteiger partial charge < -0.3 is 10.6 Å². The van der Waals surface area contributed by atoms with Gasteiger partial charge in [-0.1, -0.05) is 6.07 Å². The SMILES string of the molecule is Cc1ccc(NC2(C)CCNC2)nc1. The quantitative estimate of drug-likeness (QED) is 0.744. The highest BCUT2D eigenvalue weighted by Crippen LogP contribution is 2.19. The largest absolute Gasteiger partial charge is 0.364 e. The molecular formula is C11H17N3. The molecule has 2 heterocycles. The van der Waals surface area contributed by atoms with Crippen molar-refractivity contribution in [1.29, 1.82) is 0 Å². The van der Waals surface area contributed by atoms with E-state index in [-0.39, 0.29) is 5.54 Å². The lowest BCUT2D eigenvalue weighted by molar-refractivity contribution is 0.564. The fourth-order valence-electron chi connectivity index (χ4n) is 1.77. The zero-order valence-electron chi connectivity index (χ0n) is 8.80. The molecule has 3 heteroatoms. The fraction of sp³-hybridized carbons (Fsp3) is 0.545. The van der Waals surface area contributed by atoms with E-state index in [1.165, 1.54) is 5.56 Å². The number of nitrogens with one attached hydrogen (secondary N) is 2. The van der Waals surface area contributed by atoms with E-state index in [0.717, 1.165) is 25.3 Å². The molecule has 0 bridgehead atoms. The molecule has 0 radical (unpaired) electrons. The summed E-state index contributed by atoms with van der Waals surface area (Å²) in [6.07, 6.45) is 3.05. The molecule has 1 aromatic rings. The van der Waals surface area contributed by atoms with Crippen LogP contribution in [0, 0.1) is 6.92 Å². The van der Waals surface area contributed by atoms with Crippen LogP contribution in [0.3, 0.4) is 0 Å². The fourth-order valence-corrected chi connectivity index (χ4v) is 1.77. The molecule has 2 rings (SSSR count). The van der Waals surface area contributed by atoms with Crippen LogP contribution in [0.2, 0.25) is 0 Å². The van der Waals surface area contributed by atoms with E-state index < -0.39 is 0 Å². The summed E-state index contributed by atoms with van der Waals surface area (Å²) < 4.78 is 0. The Bertz CT molecular complexity index is 299. The predicted octanol–water partition coefficient (Wildman–Crippen LogP) is 1.55. The van der Waals surface area contributed by atoms with Crippen molar-refractivity contribution in [2.24, 2.45) is 0 Å². The van der Waals surface area contributed by atoms with Crippen molar-refractivity contribution < 1.29 is 0 Å². The van der Waals surface area contributed by atoms with Crippen molar-refractivity contribution in [3.8, 4) is 0 Å². The van der Waals surface area contributed by atoms with E-state index >= 15 is 0 Å². The number of aromatic nitrogens is 1. The van der Waals surface area contributed by atoms with Crippen LogP contribution in [0.4, 0.5) is 5.82 Å². The maximum absolute atomic E-state index is 4.35. The van der Waals surface area contributed by atoms with Crippen molar-refractivity contribution >= 4 is 5.82 Å². The number of pyridine rings is 1. The van der Waals surface area contributed by atoms with Crippen molar-refractivity contribution in [3.63, 3.8) is 0 Å². The standard InChI is InChI=1S/C11H17N3/c1-9-3-4-10(13-7-9)14-11(2)5-6-12-8-11/h3-4,7,12H,5-6,8H2,1-2H3,(H,13,14). The van der Waals surface area contributed by atoms with Gasteiger partial charge in [-0.15, -0.1) is 0 Å². The Morgan fingerprint density at radius 3 is 2.93 bits per heavy atom. The van der Waals surface area contributed by atoms with Gasteiger partial charge in [0.25, 0.3) is 0 Å². The first-order valence-electron chi connectivity index (χ1n) is 5.10. The Kier molecular flexibility index (Phi) is 2.42. The Morgan fingerprint density at radius 1 is 1.50 bits per heavy atom. The topological polar surface area (TPSA) is 37.0 Å². The average Bonchev–Trinajstić information content (AvgIpc) is 2.57. The molecule has 76 valence electrons. The second kappa shape index (κ2) is 3.58. The minimum atomic E-state index is 0.169. The lowest BCUT2D eigenvalue weighted by Gasteiger charge is -2.25. The van der Waals surface area contributed by atoms with E-state index in [9.17, 15) is 0 Å². The highest BCUT2D eigenvalue weighted by Gasteiger charge is 2.28. The molecule has 1 aliphatic heterocycles. The Morgan fingerprint density at radius 2 is 2.36 bits per heavy atom. The van der Waals surface area contributed by atoms with E-state index in [1.54, 1.807) is 0 Å². The summed E-state index contributed by atoms with van der Waals surface area (Å²) in [5.41, 5.74) is 1.37. The van der Waals surface area contributed by atoms with Gasteiger partial charge in [0.2, 0.25) is 0 Å². The van der Waals surface area contributed by atoms with Crippen LogP contribution in [-0.2, 0) is 0 Å². The first-order chi connectivity index (χ1) is 6.68. The van der Waals surface area contributed by atoms with Crippen LogP contribution in [0.5, 0.6) is 0 Å². The molecule has 1 atom stereocenters. The molecule has 0 aliphatic carbocycles. The van der Waals surface area contributed by atoms with Crippen molar-refractivity contribution in [1.82, 2.24) is 10.3 Å². The molecule has 0 spiro atoms. The van der Waals surface area contributed by atoms with Crippen molar-refractivity contribution in [3.05, 3.63) is 23.9 Å². The van der Waals surface area contributed by atoms with Crippen molar-refractivity contribution in [2.45, 2.75) is 25.8 Å². The molecule has 2 N–H and O–H groups in total. The number of aryl methyl sites for hydroxylation is 1. The average molecular weight is 191 g/mol. The van der Waals surface area contributed by atoms with Crippen molar-refractivity contribution in [2.75, 3.05) is 18.4 Å². The Labute approximate surface area is 84.9 Å². The number of nitrogens with zero attached hydrogens (tertiary/aromatic N) is 1. The summed E-state index contributed by atoms with van der Waals surface area (Å²) >= 11 is 0. The van der Waals surface area contributed by atoms with Gasteiger partial charge in [0.15, 0.2) is 0 Å². The summed E-state index contributed by atoms with van der Waals surface area (Å²) in [5.74, 6) is 0.974. The van der Waals surface area contributed by atoms with Crippen LogP contribution in [0.25, 0.3) is 0 Å². The number of anilines is 1. The van der Waals surface area contributed by atoms with Gasteiger partial charge >= 0.3 is 0 Å². The molecule has 0 aromatic carbocycles. The highest BCUT2D eigenvalue weighted by atomic mass is 15.1. The van der Waals surface area contributed by atoms with Gasteiger partial charge in [0, 0.05) is 18.3 Å². The first-order valence-corrected chi connectivity index (χ1v) is 5.10. The predicted molar refractivity (Wildman–Crippen MR) is 58.5 cm³/mol. The van der Waals surface area contributed by atoms with E-state index in [2.05, 4.69) is 35.5 Å². The molecule has 1 saturated heterocycles. The van der Waals surface area contributed by atoms with Gasteiger partial charge in [-0.25, -0.2) is 4.98 Å². The summed E-state index contributed by atoms with van der Waals surface area (Å²) in [5, 5.41) is 6.83. The zero-order chi connectivity index (χ0) is 10.0. The summed E-state index contributed by atoms with van der Waals surface area (Å²) in [4.78, 5) is 4.35. The normalized spacial score (nSPS) is 26.4. The van der Waals surface area contributed by atoms with Crippen LogP contribution < -0.4 is 10.6 Å². The molecule has 0 amide bonds. The van der Waals surface area contributed by atoms with Gasteiger partial charge in [0.1, 0.15) is 5.82 Å². The third-order valence-electron chi connectivity index (χ3n) is 2.71. The molecule has 1 aromatic heterocycles. The molecule has 3 nitrogen and oxygen atoms in total. The third-order valence-corrected chi connectivity index (χ3v) is 2.71. The minimum Gasteiger partial charge on any atom is -0.364 e. The molecule has 1 fully saturated rings. The second-order valence-corrected chi connectivity index (χ2v) is 4.33. The van der Waals surface area contributed by atoms with Gasteiger partial charge in [-0.05, 0) is 38.4 Å². The second-order valence-electron chi connectivity index (χ2n) is 4.33. The molecular weight excluding hydrogens is 174 g/mol. The van der Waals surface area contributed by atoms with E-state index in [4.69, 9.17) is 0 Å². The van der Waals surface area contributed by atoms with Crippen LogP contribution in [0.1, 0.15) is 18.9 Å². The maximum atomic E-state index is 4.35. The van der Waals surface area contributed by atoms with Gasteiger partial charge in [-0.2, -0.15) is 0 Å². The number of hydrogen-bond donors (Lipinski definition) is 2. The summed E-state index contributed by atoms with van der Waals surface area (Å²) in [7, 11) is 0. The monoisotopic (exact) mass is 191 g/mol. The summed E-state index contributed by atoms with van der Waals surface area (Å²) in [6.45, 7) is 6.39. The maximum Gasteiger partial charge on any atom is 0.126 e. The molecule has 0 saturated carbocycles. The smallest absolute Gasteiger partial charge is 0.126 e.